The molecule has 0 radical (unpaired) electrons. The van der Waals surface area contributed by atoms with Gasteiger partial charge in [0, 0.05) is 13.2 Å². The summed E-state index contributed by atoms with van der Waals surface area (Å²) < 4.78 is 11.3. The zero-order valence-electron chi connectivity index (χ0n) is 12.2. The summed E-state index contributed by atoms with van der Waals surface area (Å²) in [6.45, 7) is 5.68. The molecule has 1 aromatic carbocycles. The summed E-state index contributed by atoms with van der Waals surface area (Å²) in [7, 11) is 0. The summed E-state index contributed by atoms with van der Waals surface area (Å²) in [4.78, 5) is 0. The first-order valence-corrected chi connectivity index (χ1v) is 7.85. The third-order valence-corrected chi connectivity index (χ3v) is 3.80. The average Bonchev–Trinajstić information content (AvgIpc) is 2.94. The van der Waals surface area contributed by atoms with Crippen LogP contribution in [0, 0.1) is 6.92 Å². The van der Waals surface area contributed by atoms with Gasteiger partial charge in [0.15, 0.2) is 0 Å². The molecule has 112 valence electrons. The highest BCUT2D eigenvalue weighted by atomic mass is 35.5. The Kier molecular flexibility index (Phi) is 6.64. The molecule has 0 amide bonds. The van der Waals surface area contributed by atoms with E-state index in [1.807, 2.05) is 25.1 Å². The van der Waals surface area contributed by atoms with Gasteiger partial charge in [-0.15, -0.1) is 0 Å². The third kappa shape index (κ3) is 5.31. The van der Waals surface area contributed by atoms with E-state index >= 15 is 0 Å². The molecule has 0 aliphatic carbocycles. The Labute approximate surface area is 126 Å². The van der Waals surface area contributed by atoms with Crippen LogP contribution in [0.15, 0.2) is 18.2 Å². The van der Waals surface area contributed by atoms with Crippen LogP contribution in [-0.2, 0) is 4.74 Å². The van der Waals surface area contributed by atoms with Crippen LogP contribution in [0.5, 0.6) is 5.75 Å². The lowest BCUT2D eigenvalue weighted by Gasteiger charge is -2.11. The van der Waals surface area contributed by atoms with Gasteiger partial charge >= 0.3 is 0 Å². The first kappa shape index (κ1) is 15.6. The first-order valence-electron chi connectivity index (χ1n) is 7.47. The third-order valence-electron chi connectivity index (χ3n) is 3.49. The quantitative estimate of drug-likeness (QED) is 0.744. The molecule has 1 aromatic rings. The van der Waals surface area contributed by atoms with Gasteiger partial charge in [0.25, 0.3) is 0 Å². The van der Waals surface area contributed by atoms with Gasteiger partial charge in [-0.3, -0.25) is 0 Å². The Balaban J connectivity index is 1.51. The predicted molar refractivity (Wildman–Crippen MR) is 82.8 cm³/mol. The minimum atomic E-state index is 0.428. The SMILES string of the molecule is Cc1ccc(Cl)c(OCCCCNC[C@H]2CCCO2)c1. The number of aryl methyl sites for hydroxylation is 1. The van der Waals surface area contributed by atoms with Gasteiger partial charge in [-0.25, -0.2) is 0 Å². The van der Waals surface area contributed by atoms with Crippen molar-refractivity contribution < 1.29 is 9.47 Å². The Hall–Kier alpha value is -0.770. The van der Waals surface area contributed by atoms with Crippen molar-refractivity contribution in [3.8, 4) is 5.75 Å². The Morgan fingerprint density at radius 1 is 1.40 bits per heavy atom. The topological polar surface area (TPSA) is 30.5 Å². The lowest BCUT2D eigenvalue weighted by Crippen LogP contribution is -2.27. The van der Waals surface area contributed by atoms with Crippen LogP contribution in [0.3, 0.4) is 0 Å². The summed E-state index contributed by atoms with van der Waals surface area (Å²) >= 11 is 6.08. The molecule has 0 saturated carbocycles. The number of hydrogen-bond acceptors (Lipinski definition) is 3. The smallest absolute Gasteiger partial charge is 0.138 e. The van der Waals surface area contributed by atoms with E-state index in [2.05, 4.69) is 5.32 Å². The minimum Gasteiger partial charge on any atom is -0.492 e. The molecule has 0 bridgehead atoms. The molecule has 0 aromatic heterocycles. The van der Waals surface area contributed by atoms with Crippen molar-refractivity contribution in [3.05, 3.63) is 28.8 Å². The van der Waals surface area contributed by atoms with Crippen molar-refractivity contribution in [1.82, 2.24) is 5.32 Å². The maximum atomic E-state index is 6.08. The van der Waals surface area contributed by atoms with E-state index in [0.29, 0.717) is 17.7 Å². The molecule has 1 saturated heterocycles. The number of unbranched alkanes of at least 4 members (excludes halogenated alkanes) is 1. The second kappa shape index (κ2) is 8.50. The monoisotopic (exact) mass is 297 g/mol. The second-order valence-electron chi connectivity index (χ2n) is 5.33. The number of halogens is 1. The molecule has 0 unspecified atom stereocenters. The molecule has 1 atom stereocenters. The Bertz CT molecular complexity index is 405. The van der Waals surface area contributed by atoms with E-state index in [1.54, 1.807) is 0 Å². The van der Waals surface area contributed by atoms with Crippen molar-refractivity contribution >= 4 is 11.6 Å². The Morgan fingerprint density at radius 3 is 3.10 bits per heavy atom. The van der Waals surface area contributed by atoms with Crippen LogP contribution in [0.2, 0.25) is 5.02 Å². The zero-order valence-corrected chi connectivity index (χ0v) is 12.9. The fraction of sp³-hybridized carbons (Fsp3) is 0.625. The zero-order chi connectivity index (χ0) is 14.2. The number of nitrogens with one attached hydrogen (secondary N) is 1. The van der Waals surface area contributed by atoms with Gasteiger partial charge in [-0.1, -0.05) is 17.7 Å². The number of benzene rings is 1. The summed E-state index contributed by atoms with van der Waals surface area (Å²) in [6.07, 6.45) is 4.97. The summed E-state index contributed by atoms with van der Waals surface area (Å²) in [5, 5.41) is 4.13. The fourth-order valence-corrected chi connectivity index (χ4v) is 2.50. The standard InChI is InChI=1S/C16H24ClNO2/c1-13-6-7-15(17)16(11-13)20-9-3-2-8-18-12-14-5-4-10-19-14/h6-7,11,14,18H,2-5,8-10,12H2,1H3/t14-/m1/s1. The van der Waals surface area contributed by atoms with Crippen LogP contribution < -0.4 is 10.1 Å². The molecule has 1 fully saturated rings. The van der Waals surface area contributed by atoms with Crippen LogP contribution in [0.25, 0.3) is 0 Å². The second-order valence-corrected chi connectivity index (χ2v) is 5.74. The van der Waals surface area contributed by atoms with E-state index in [0.717, 1.165) is 38.3 Å². The predicted octanol–water partition coefficient (Wildman–Crippen LogP) is 3.58. The van der Waals surface area contributed by atoms with Crippen molar-refractivity contribution in [2.24, 2.45) is 0 Å². The summed E-state index contributed by atoms with van der Waals surface area (Å²) in [5.74, 6) is 0.791. The molecule has 1 aliphatic heterocycles. The van der Waals surface area contributed by atoms with E-state index in [9.17, 15) is 0 Å². The molecule has 2 rings (SSSR count). The van der Waals surface area contributed by atoms with Crippen molar-refractivity contribution in [1.29, 1.82) is 0 Å². The minimum absolute atomic E-state index is 0.428. The van der Waals surface area contributed by atoms with Gasteiger partial charge in [-0.2, -0.15) is 0 Å². The fourth-order valence-electron chi connectivity index (χ4n) is 2.32. The van der Waals surface area contributed by atoms with Crippen molar-refractivity contribution in [2.45, 2.75) is 38.7 Å². The summed E-state index contributed by atoms with van der Waals surface area (Å²) in [5.41, 5.74) is 1.17. The van der Waals surface area contributed by atoms with Crippen molar-refractivity contribution in [3.63, 3.8) is 0 Å². The lowest BCUT2D eigenvalue weighted by molar-refractivity contribution is 0.110. The first-order chi connectivity index (χ1) is 9.75. The Morgan fingerprint density at radius 2 is 2.30 bits per heavy atom. The van der Waals surface area contributed by atoms with Crippen molar-refractivity contribution in [2.75, 3.05) is 26.3 Å². The van der Waals surface area contributed by atoms with E-state index in [-0.39, 0.29) is 0 Å². The molecule has 4 heteroatoms. The van der Waals surface area contributed by atoms with E-state index in [4.69, 9.17) is 21.1 Å². The maximum Gasteiger partial charge on any atom is 0.138 e. The summed E-state index contributed by atoms with van der Waals surface area (Å²) in [6, 6.07) is 5.86. The van der Waals surface area contributed by atoms with Crippen LogP contribution in [0.4, 0.5) is 0 Å². The van der Waals surface area contributed by atoms with Gasteiger partial charge in [0.2, 0.25) is 0 Å². The molecule has 1 aliphatic rings. The average molecular weight is 298 g/mol. The van der Waals surface area contributed by atoms with E-state index < -0.39 is 0 Å². The highest BCUT2D eigenvalue weighted by molar-refractivity contribution is 6.32. The van der Waals surface area contributed by atoms with Gasteiger partial charge in [0.05, 0.1) is 17.7 Å². The molecule has 1 heterocycles. The maximum absolute atomic E-state index is 6.08. The number of rotatable bonds is 8. The molecule has 1 N–H and O–H groups in total. The largest absolute Gasteiger partial charge is 0.492 e. The molecule has 20 heavy (non-hydrogen) atoms. The molecular formula is C16H24ClNO2. The normalized spacial score (nSPS) is 18.4. The van der Waals surface area contributed by atoms with Crippen LogP contribution in [0.1, 0.15) is 31.2 Å². The van der Waals surface area contributed by atoms with Gasteiger partial charge < -0.3 is 14.8 Å². The molecule has 0 spiro atoms. The number of ether oxygens (including phenoxy) is 2. The van der Waals surface area contributed by atoms with Gasteiger partial charge in [-0.05, 0) is 56.8 Å². The molecular weight excluding hydrogens is 274 g/mol. The lowest BCUT2D eigenvalue weighted by atomic mass is 10.2. The number of hydrogen-bond donors (Lipinski definition) is 1. The highest BCUT2D eigenvalue weighted by Crippen LogP contribution is 2.25. The van der Waals surface area contributed by atoms with Gasteiger partial charge in [0.1, 0.15) is 5.75 Å². The van der Waals surface area contributed by atoms with Crippen LogP contribution >= 0.6 is 11.6 Å². The van der Waals surface area contributed by atoms with E-state index in [1.165, 1.54) is 18.4 Å². The molecule has 3 nitrogen and oxygen atoms in total. The van der Waals surface area contributed by atoms with Crippen LogP contribution in [-0.4, -0.2) is 32.4 Å². The highest BCUT2D eigenvalue weighted by Gasteiger charge is 2.13.